The fourth-order valence-electron chi connectivity index (χ4n) is 2.94. The van der Waals surface area contributed by atoms with Crippen LogP contribution in [0.2, 0.25) is 0 Å². The van der Waals surface area contributed by atoms with E-state index >= 15 is 0 Å². The van der Waals surface area contributed by atoms with Crippen LogP contribution in [0.3, 0.4) is 0 Å². The van der Waals surface area contributed by atoms with Crippen LogP contribution in [0.4, 0.5) is 0 Å². The molecule has 0 unspecified atom stereocenters. The minimum atomic E-state index is 1.10. The molecule has 0 heteroatoms. The Morgan fingerprint density at radius 1 is 0.739 bits per heavy atom. The van der Waals surface area contributed by atoms with Gasteiger partial charge in [0.25, 0.3) is 0 Å². The third kappa shape index (κ3) is 3.12. The van der Waals surface area contributed by atoms with Gasteiger partial charge in [-0.25, -0.2) is 0 Å². The van der Waals surface area contributed by atoms with Crippen LogP contribution in [-0.2, 0) is 0 Å². The summed E-state index contributed by atoms with van der Waals surface area (Å²) in [5.74, 6) is 0. The zero-order valence-corrected chi connectivity index (χ0v) is 14.1. The maximum Gasteiger partial charge on any atom is -0.0100 e. The van der Waals surface area contributed by atoms with Crippen molar-refractivity contribution in [2.45, 2.75) is 20.8 Å². The molecule has 0 spiro atoms. The maximum absolute atomic E-state index is 4.16. The van der Waals surface area contributed by atoms with Gasteiger partial charge in [0.2, 0.25) is 0 Å². The summed E-state index contributed by atoms with van der Waals surface area (Å²) in [6, 6.07) is 23.9. The van der Waals surface area contributed by atoms with Crippen LogP contribution in [-0.4, -0.2) is 0 Å². The molecule has 0 aromatic heterocycles. The van der Waals surface area contributed by atoms with Gasteiger partial charge in [0.1, 0.15) is 0 Å². The highest BCUT2D eigenvalue weighted by Crippen LogP contribution is 2.34. The molecule has 0 nitrogen and oxygen atoms in total. The van der Waals surface area contributed by atoms with Crippen molar-refractivity contribution in [3.05, 3.63) is 90.0 Å². The van der Waals surface area contributed by atoms with E-state index in [2.05, 4.69) is 94.1 Å². The Labute approximate surface area is 139 Å². The summed E-state index contributed by atoms with van der Waals surface area (Å²) in [4.78, 5) is 0. The van der Waals surface area contributed by atoms with Crippen molar-refractivity contribution in [1.82, 2.24) is 0 Å². The molecule has 0 radical (unpaired) electrons. The Morgan fingerprint density at radius 2 is 1.39 bits per heavy atom. The van der Waals surface area contributed by atoms with E-state index < -0.39 is 0 Å². The normalized spacial score (nSPS) is 10.6. The van der Waals surface area contributed by atoms with Crippen LogP contribution < -0.4 is 0 Å². The van der Waals surface area contributed by atoms with E-state index in [4.69, 9.17) is 0 Å². The van der Waals surface area contributed by atoms with Gasteiger partial charge in [0.05, 0.1) is 0 Å². The highest BCUT2D eigenvalue weighted by atomic mass is 14.1. The van der Waals surface area contributed by atoms with E-state index in [0.29, 0.717) is 0 Å². The first kappa shape index (κ1) is 15.3. The van der Waals surface area contributed by atoms with Gasteiger partial charge in [-0.1, -0.05) is 78.4 Å². The van der Waals surface area contributed by atoms with Crippen molar-refractivity contribution in [2.75, 3.05) is 0 Å². The van der Waals surface area contributed by atoms with Gasteiger partial charge in [-0.3, -0.25) is 0 Å². The molecule has 23 heavy (non-hydrogen) atoms. The molecule has 0 atom stereocenters. The number of rotatable bonds is 3. The van der Waals surface area contributed by atoms with Gasteiger partial charge in [-0.05, 0) is 60.2 Å². The lowest BCUT2D eigenvalue weighted by Crippen LogP contribution is -1.91. The van der Waals surface area contributed by atoms with Crippen LogP contribution in [0.25, 0.3) is 27.8 Å². The standard InChI is InChI=1S/C23H22/c1-16(2)21-14-13-20(19-11-9-17(3)10-12-19)15-23(21)22-8-6-5-7-18(22)4/h5-15H,1H2,2-4H3. The Hall–Kier alpha value is -2.60. The Balaban J connectivity index is 2.20. The summed E-state index contributed by atoms with van der Waals surface area (Å²) >= 11 is 0. The van der Waals surface area contributed by atoms with Gasteiger partial charge < -0.3 is 0 Å². The zero-order chi connectivity index (χ0) is 16.4. The van der Waals surface area contributed by atoms with Crippen LogP contribution in [0.15, 0.2) is 73.3 Å². The van der Waals surface area contributed by atoms with Crippen molar-refractivity contribution in [3.8, 4) is 22.3 Å². The monoisotopic (exact) mass is 298 g/mol. The molecule has 0 amide bonds. The fourth-order valence-corrected chi connectivity index (χ4v) is 2.94. The molecule has 0 bridgehead atoms. The molecule has 0 saturated heterocycles. The number of aryl methyl sites for hydroxylation is 2. The molecule has 0 aliphatic carbocycles. The molecule has 0 N–H and O–H groups in total. The first-order valence-electron chi connectivity index (χ1n) is 7.99. The van der Waals surface area contributed by atoms with Gasteiger partial charge in [-0.2, -0.15) is 0 Å². The topological polar surface area (TPSA) is 0 Å². The SMILES string of the molecule is C=C(C)c1ccc(-c2ccc(C)cc2)cc1-c1ccccc1C. The van der Waals surface area contributed by atoms with E-state index in [0.717, 1.165) is 5.57 Å². The summed E-state index contributed by atoms with van der Waals surface area (Å²) in [5, 5.41) is 0. The predicted molar refractivity (Wildman–Crippen MR) is 101 cm³/mol. The van der Waals surface area contributed by atoms with E-state index in [1.165, 1.54) is 38.9 Å². The van der Waals surface area contributed by atoms with E-state index in [1.54, 1.807) is 0 Å². The molecule has 0 saturated carbocycles. The number of benzene rings is 3. The van der Waals surface area contributed by atoms with Gasteiger partial charge in [0.15, 0.2) is 0 Å². The van der Waals surface area contributed by atoms with E-state index in [-0.39, 0.29) is 0 Å². The van der Waals surface area contributed by atoms with Crippen molar-refractivity contribution >= 4 is 5.57 Å². The highest BCUT2D eigenvalue weighted by Gasteiger charge is 2.10. The lowest BCUT2D eigenvalue weighted by Gasteiger charge is -2.14. The molecule has 0 aliphatic rings. The van der Waals surface area contributed by atoms with Crippen molar-refractivity contribution in [1.29, 1.82) is 0 Å². The lowest BCUT2D eigenvalue weighted by atomic mass is 9.90. The zero-order valence-electron chi connectivity index (χ0n) is 14.1. The second-order valence-corrected chi connectivity index (χ2v) is 6.22. The minimum absolute atomic E-state index is 1.10. The molecule has 114 valence electrons. The largest absolute Gasteiger partial charge is 0.0955 e. The van der Waals surface area contributed by atoms with Gasteiger partial charge in [0, 0.05) is 0 Å². The Kier molecular flexibility index (Phi) is 4.16. The molecule has 0 fully saturated rings. The summed E-state index contributed by atoms with van der Waals surface area (Å²) in [5.41, 5.74) is 9.91. The van der Waals surface area contributed by atoms with E-state index in [1.807, 2.05) is 0 Å². The average Bonchev–Trinajstić information content (AvgIpc) is 2.55. The summed E-state index contributed by atoms with van der Waals surface area (Å²) in [7, 11) is 0. The molecule has 3 aromatic rings. The molecule has 3 aromatic carbocycles. The molecule has 3 rings (SSSR count). The second-order valence-electron chi connectivity index (χ2n) is 6.22. The molecular weight excluding hydrogens is 276 g/mol. The van der Waals surface area contributed by atoms with Gasteiger partial charge >= 0.3 is 0 Å². The Bertz CT molecular complexity index is 851. The first-order chi connectivity index (χ1) is 11.1. The molecule has 0 aliphatic heterocycles. The quantitative estimate of drug-likeness (QED) is 0.506. The molecular formula is C23H22. The second kappa shape index (κ2) is 6.26. The maximum atomic E-state index is 4.16. The number of allylic oxidation sites excluding steroid dienone is 1. The average molecular weight is 298 g/mol. The van der Waals surface area contributed by atoms with Gasteiger partial charge in [-0.15, -0.1) is 0 Å². The van der Waals surface area contributed by atoms with Crippen LogP contribution in [0.1, 0.15) is 23.6 Å². The predicted octanol–water partition coefficient (Wildman–Crippen LogP) is 6.67. The van der Waals surface area contributed by atoms with Crippen LogP contribution in [0, 0.1) is 13.8 Å². The minimum Gasteiger partial charge on any atom is -0.0955 e. The fraction of sp³-hybridized carbons (Fsp3) is 0.130. The van der Waals surface area contributed by atoms with Crippen molar-refractivity contribution < 1.29 is 0 Å². The first-order valence-corrected chi connectivity index (χ1v) is 7.99. The summed E-state index contributed by atoms with van der Waals surface area (Å²) < 4.78 is 0. The Morgan fingerprint density at radius 3 is 2.04 bits per heavy atom. The number of hydrogen-bond donors (Lipinski definition) is 0. The summed E-state index contributed by atoms with van der Waals surface area (Å²) in [6.45, 7) is 10.5. The summed E-state index contributed by atoms with van der Waals surface area (Å²) in [6.07, 6.45) is 0. The number of hydrogen-bond acceptors (Lipinski definition) is 0. The van der Waals surface area contributed by atoms with E-state index in [9.17, 15) is 0 Å². The van der Waals surface area contributed by atoms with Crippen LogP contribution in [0.5, 0.6) is 0 Å². The van der Waals surface area contributed by atoms with Crippen LogP contribution >= 0.6 is 0 Å². The highest BCUT2D eigenvalue weighted by molar-refractivity contribution is 5.85. The smallest absolute Gasteiger partial charge is 0.0100 e. The molecule has 0 heterocycles. The van der Waals surface area contributed by atoms with Crippen molar-refractivity contribution in [2.24, 2.45) is 0 Å². The lowest BCUT2D eigenvalue weighted by molar-refractivity contribution is 1.44. The van der Waals surface area contributed by atoms with Crippen molar-refractivity contribution in [3.63, 3.8) is 0 Å². The third-order valence-electron chi connectivity index (χ3n) is 4.30. The third-order valence-corrected chi connectivity index (χ3v) is 4.30.